The molecule has 2 atom stereocenters. The van der Waals surface area contributed by atoms with Crippen LogP contribution in [-0.4, -0.2) is 0 Å². The van der Waals surface area contributed by atoms with Crippen LogP contribution in [0, 0.1) is 13.8 Å². The molecule has 2 aromatic rings. The summed E-state index contributed by atoms with van der Waals surface area (Å²) in [5.41, 5.74) is 5.08. The predicted octanol–water partition coefficient (Wildman–Crippen LogP) is 5.39. The molecule has 0 aliphatic heterocycles. The Hall–Kier alpha value is -1.27. The van der Waals surface area contributed by atoms with E-state index in [0.29, 0.717) is 5.92 Å². The second-order valence-corrected chi connectivity index (χ2v) is 5.43. The van der Waals surface area contributed by atoms with Gasteiger partial charge < -0.3 is 0 Å². The van der Waals surface area contributed by atoms with Crippen LogP contribution in [0.5, 0.6) is 0 Å². The van der Waals surface area contributed by atoms with Crippen LogP contribution in [0.15, 0.2) is 48.5 Å². The van der Waals surface area contributed by atoms with Gasteiger partial charge in [-0.15, -0.1) is 11.6 Å². The SMILES string of the molecule is Cc1ccc(C(Cl)C(C)c2ccccc2)c(C)c1. The van der Waals surface area contributed by atoms with Crippen LogP contribution in [0.4, 0.5) is 0 Å². The van der Waals surface area contributed by atoms with Crippen molar-refractivity contribution >= 4 is 11.6 Å². The third-order valence-corrected chi connectivity index (χ3v) is 4.10. The summed E-state index contributed by atoms with van der Waals surface area (Å²) in [6.07, 6.45) is 0. The highest BCUT2D eigenvalue weighted by Crippen LogP contribution is 2.37. The van der Waals surface area contributed by atoms with Gasteiger partial charge in [0.2, 0.25) is 0 Å². The molecule has 0 saturated heterocycles. The topological polar surface area (TPSA) is 0 Å². The molecule has 0 bridgehead atoms. The Morgan fingerprint density at radius 3 is 2.22 bits per heavy atom. The highest BCUT2D eigenvalue weighted by Gasteiger charge is 2.19. The molecule has 0 aliphatic carbocycles. The Balaban J connectivity index is 2.28. The standard InChI is InChI=1S/C17H19Cl/c1-12-9-10-16(13(2)11-12)17(18)14(3)15-7-5-4-6-8-15/h4-11,14,17H,1-3H3. The van der Waals surface area contributed by atoms with Crippen molar-refractivity contribution in [3.05, 3.63) is 70.8 Å². The second-order valence-electron chi connectivity index (χ2n) is 4.96. The van der Waals surface area contributed by atoms with Crippen molar-refractivity contribution in [2.45, 2.75) is 32.1 Å². The molecular formula is C17H19Cl. The van der Waals surface area contributed by atoms with Gasteiger partial charge in [-0.3, -0.25) is 0 Å². The van der Waals surface area contributed by atoms with E-state index in [-0.39, 0.29) is 5.38 Å². The lowest BCUT2D eigenvalue weighted by Crippen LogP contribution is -2.04. The number of hydrogen-bond acceptors (Lipinski definition) is 0. The van der Waals surface area contributed by atoms with Crippen molar-refractivity contribution in [2.24, 2.45) is 0 Å². The predicted molar refractivity (Wildman–Crippen MR) is 79.4 cm³/mol. The number of aryl methyl sites for hydroxylation is 2. The lowest BCUT2D eigenvalue weighted by Gasteiger charge is -2.21. The maximum absolute atomic E-state index is 6.65. The Morgan fingerprint density at radius 1 is 0.944 bits per heavy atom. The molecule has 0 nitrogen and oxygen atoms in total. The third kappa shape index (κ3) is 2.76. The molecule has 0 fully saturated rings. The molecule has 2 rings (SSSR count). The van der Waals surface area contributed by atoms with E-state index in [4.69, 9.17) is 11.6 Å². The first kappa shape index (κ1) is 13.2. The molecular weight excluding hydrogens is 240 g/mol. The van der Waals surface area contributed by atoms with Gasteiger partial charge >= 0.3 is 0 Å². The van der Waals surface area contributed by atoms with Crippen molar-refractivity contribution in [1.29, 1.82) is 0 Å². The molecule has 2 unspecified atom stereocenters. The maximum Gasteiger partial charge on any atom is 0.0653 e. The first-order chi connectivity index (χ1) is 8.59. The van der Waals surface area contributed by atoms with Gasteiger partial charge in [0.15, 0.2) is 0 Å². The minimum absolute atomic E-state index is 0.0213. The van der Waals surface area contributed by atoms with Crippen LogP contribution in [0.25, 0.3) is 0 Å². The fourth-order valence-electron chi connectivity index (χ4n) is 2.33. The van der Waals surface area contributed by atoms with Crippen molar-refractivity contribution in [1.82, 2.24) is 0 Å². The fraction of sp³-hybridized carbons (Fsp3) is 0.294. The van der Waals surface area contributed by atoms with Gasteiger partial charge in [0, 0.05) is 5.92 Å². The fourth-order valence-corrected chi connectivity index (χ4v) is 2.72. The number of halogens is 1. The largest absolute Gasteiger partial charge is 0.117 e. The molecule has 0 amide bonds. The Bertz CT molecular complexity index is 516. The summed E-state index contributed by atoms with van der Waals surface area (Å²) in [7, 11) is 0. The van der Waals surface area contributed by atoms with Gasteiger partial charge in [0.1, 0.15) is 0 Å². The van der Waals surface area contributed by atoms with E-state index in [9.17, 15) is 0 Å². The molecule has 0 heterocycles. The molecule has 0 spiro atoms. The molecule has 2 aromatic carbocycles. The molecule has 18 heavy (non-hydrogen) atoms. The molecule has 0 saturated carbocycles. The van der Waals surface area contributed by atoms with E-state index in [1.54, 1.807) is 0 Å². The molecule has 94 valence electrons. The van der Waals surface area contributed by atoms with Crippen LogP contribution in [-0.2, 0) is 0 Å². The van der Waals surface area contributed by atoms with Crippen LogP contribution in [0.2, 0.25) is 0 Å². The Labute approximate surface area is 115 Å². The van der Waals surface area contributed by atoms with Crippen molar-refractivity contribution in [3.63, 3.8) is 0 Å². The van der Waals surface area contributed by atoms with Crippen LogP contribution in [0.1, 0.15) is 40.5 Å². The maximum atomic E-state index is 6.65. The van der Waals surface area contributed by atoms with Gasteiger partial charge in [-0.05, 0) is 30.5 Å². The van der Waals surface area contributed by atoms with E-state index >= 15 is 0 Å². The summed E-state index contributed by atoms with van der Waals surface area (Å²) >= 11 is 6.65. The van der Waals surface area contributed by atoms with E-state index < -0.39 is 0 Å². The minimum Gasteiger partial charge on any atom is -0.117 e. The summed E-state index contributed by atoms with van der Waals surface area (Å²) in [6, 6.07) is 16.9. The quantitative estimate of drug-likeness (QED) is 0.648. The van der Waals surface area contributed by atoms with Crippen LogP contribution < -0.4 is 0 Å². The molecule has 0 radical (unpaired) electrons. The second kappa shape index (κ2) is 5.58. The summed E-state index contributed by atoms with van der Waals surface area (Å²) in [5, 5.41) is 0.0213. The molecule has 0 aromatic heterocycles. The highest BCUT2D eigenvalue weighted by atomic mass is 35.5. The number of rotatable bonds is 3. The summed E-state index contributed by atoms with van der Waals surface area (Å²) in [6.45, 7) is 6.43. The monoisotopic (exact) mass is 258 g/mol. The number of hydrogen-bond donors (Lipinski definition) is 0. The van der Waals surface area contributed by atoms with Gasteiger partial charge in [-0.25, -0.2) is 0 Å². The third-order valence-electron chi connectivity index (χ3n) is 3.49. The van der Waals surface area contributed by atoms with Crippen molar-refractivity contribution in [2.75, 3.05) is 0 Å². The normalized spacial score (nSPS) is 14.2. The Morgan fingerprint density at radius 2 is 1.61 bits per heavy atom. The lowest BCUT2D eigenvalue weighted by atomic mass is 9.90. The van der Waals surface area contributed by atoms with Gasteiger partial charge in [0.25, 0.3) is 0 Å². The Kier molecular flexibility index (Phi) is 4.08. The van der Waals surface area contributed by atoms with Gasteiger partial charge in [0.05, 0.1) is 5.38 Å². The van der Waals surface area contributed by atoms with Crippen molar-refractivity contribution < 1.29 is 0 Å². The number of benzene rings is 2. The summed E-state index contributed by atoms with van der Waals surface area (Å²) in [4.78, 5) is 0. The lowest BCUT2D eigenvalue weighted by molar-refractivity contribution is 0.728. The highest BCUT2D eigenvalue weighted by molar-refractivity contribution is 6.21. The van der Waals surface area contributed by atoms with E-state index in [2.05, 4.69) is 63.2 Å². The average Bonchev–Trinajstić information content (AvgIpc) is 2.38. The summed E-state index contributed by atoms with van der Waals surface area (Å²) in [5.74, 6) is 0.314. The minimum atomic E-state index is 0.0213. The summed E-state index contributed by atoms with van der Waals surface area (Å²) < 4.78 is 0. The van der Waals surface area contributed by atoms with Crippen LogP contribution >= 0.6 is 11.6 Å². The van der Waals surface area contributed by atoms with Gasteiger partial charge in [-0.1, -0.05) is 61.0 Å². The van der Waals surface area contributed by atoms with E-state index in [1.807, 2.05) is 6.07 Å². The smallest absolute Gasteiger partial charge is 0.0653 e. The zero-order chi connectivity index (χ0) is 13.1. The zero-order valence-electron chi connectivity index (χ0n) is 11.2. The average molecular weight is 259 g/mol. The van der Waals surface area contributed by atoms with Crippen LogP contribution in [0.3, 0.4) is 0 Å². The van der Waals surface area contributed by atoms with Crippen molar-refractivity contribution in [3.8, 4) is 0 Å². The first-order valence-electron chi connectivity index (χ1n) is 6.35. The first-order valence-corrected chi connectivity index (χ1v) is 6.79. The van der Waals surface area contributed by atoms with E-state index in [0.717, 1.165) is 0 Å². The van der Waals surface area contributed by atoms with Gasteiger partial charge in [-0.2, -0.15) is 0 Å². The zero-order valence-corrected chi connectivity index (χ0v) is 11.9. The van der Waals surface area contributed by atoms with E-state index in [1.165, 1.54) is 22.3 Å². The number of alkyl halides is 1. The molecule has 0 N–H and O–H groups in total. The molecule has 0 aliphatic rings. The molecule has 1 heteroatoms.